The van der Waals surface area contributed by atoms with Gasteiger partial charge >= 0.3 is 25.7 Å². The van der Waals surface area contributed by atoms with Crippen LogP contribution in [0, 0.1) is 0 Å². The van der Waals surface area contributed by atoms with Gasteiger partial charge in [0, 0.05) is 12.8 Å². The van der Waals surface area contributed by atoms with Crippen LogP contribution in [0.5, 0.6) is 0 Å². The van der Waals surface area contributed by atoms with Crippen LogP contribution in [0.3, 0.4) is 0 Å². The number of esters is 3. The molecule has 2 heterocycles. The molecule has 0 saturated carbocycles. The maximum atomic E-state index is 14.8. The predicted molar refractivity (Wildman–Crippen MR) is 407 cm³/mol. The minimum atomic E-state index is -5.53. The highest BCUT2D eigenvalue weighted by Crippen LogP contribution is 2.43. The molecule has 2 amide bonds. The third-order valence-electron chi connectivity index (χ3n) is 20.6. The molecule has 21 nitrogen and oxygen atoms in total. The van der Waals surface area contributed by atoms with Crippen molar-refractivity contribution in [3.63, 3.8) is 0 Å². The first-order valence-electron chi connectivity index (χ1n) is 42.3. The molecule has 0 aromatic carbocycles. The minimum Gasteiger partial charge on any atom is -0.462 e. The summed E-state index contributed by atoms with van der Waals surface area (Å²) in [6, 6.07) is -2.81. The Hall–Kier alpha value is -2.82. The molecule has 103 heavy (non-hydrogen) atoms. The van der Waals surface area contributed by atoms with Gasteiger partial charge in [-0.2, -0.15) is 0 Å². The normalized spacial score (nSPS) is 21.6. The Bertz CT molecular complexity index is 2140. The SMILES string of the molecule is CCCCCCCCCCCCCC(=O)O[C@H](CCCCCCCCCCC)CC(=O)O[C@@H]1C(NC(=O)C[C@@H](CCCCCCCCCCC)OC(=O)CCCCCCCCCCC)[C@H](OCC2OC(C)C(NC(=O)C[C@H](O)CCCCCCCCCCC)[C@@H](O)[C@@H]2O)OC(CO)[C@H]1OP(=O)(O)O. The molecule has 0 spiro atoms. The number of aliphatic hydroxyl groups is 4. The first-order valence-corrected chi connectivity index (χ1v) is 43.8. The molecule has 0 radical (unpaired) electrons. The van der Waals surface area contributed by atoms with Crippen molar-refractivity contribution in [3.05, 3.63) is 0 Å². The molecular formula is C81H153N2O19P. The van der Waals surface area contributed by atoms with E-state index in [0.717, 1.165) is 154 Å². The van der Waals surface area contributed by atoms with E-state index in [1.54, 1.807) is 6.92 Å². The Balaban J connectivity index is 2.53. The number of phosphoric ester groups is 1. The summed E-state index contributed by atoms with van der Waals surface area (Å²) in [5.74, 6) is -3.19. The van der Waals surface area contributed by atoms with Crippen LogP contribution in [-0.2, 0) is 61.5 Å². The van der Waals surface area contributed by atoms with Crippen LogP contribution >= 0.6 is 7.82 Å². The molecule has 13 atom stereocenters. The highest BCUT2D eigenvalue weighted by Gasteiger charge is 2.53. The molecule has 0 aromatic rings. The molecule has 2 fully saturated rings. The summed E-state index contributed by atoms with van der Waals surface area (Å²) in [7, 11) is -5.53. The second kappa shape index (κ2) is 63.0. The standard InChI is InChI=1S/C81H153N2O19P/c1-7-12-17-22-27-32-33-38-43-48-53-58-73(89)99-67(56-51-46-41-36-30-25-20-15-10-4)61-74(90)101-80-76(83-71(87)60-66(55-50-45-40-35-29-24-19-14-9-3)98-72(88)57-52-47-42-37-31-26-21-16-11-5)81(100-68(62-84)79(80)102-103(93,94)95)96-63-69-77(91)78(92)75(64(6)97-69)82-70(86)59-65(85)54-49-44-39-34-28-23-18-13-8-2/h64-69,75-81,84-85,91-92H,7-63H2,1-6H3,(H,82,86)(H,83,87)(H2,93,94,95)/t64?,65-,66-,67-,68?,69?,75?,76?,77-,78-,79-,80-,81-/m1/s1. The lowest BCUT2D eigenvalue weighted by Crippen LogP contribution is -2.67. The van der Waals surface area contributed by atoms with Crippen molar-refractivity contribution in [1.29, 1.82) is 0 Å². The van der Waals surface area contributed by atoms with Crippen LogP contribution in [-0.4, -0.2) is 153 Å². The zero-order chi connectivity index (χ0) is 75.6. The fourth-order valence-corrected chi connectivity index (χ4v) is 14.9. The Labute approximate surface area is 624 Å². The second-order valence-electron chi connectivity index (χ2n) is 30.3. The monoisotopic (exact) mass is 1490 g/mol. The summed E-state index contributed by atoms with van der Waals surface area (Å²) in [6.07, 6.45) is 34.8. The van der Waals surface area contributed by atoms with Crippen molar-refractivity contribution < 1.29 is 91.7 Å². The van der Waals surface area contributed by atoms with Gasteiger partial charge in [0.05, 0.1) is 50.7 Å². The number of carbonyl (C=O) groups excluding carboxylic acids is 5. The van der Waals surface area contributed by atoms with Crippen molar-refractivity contribution in [1.82, 2.24) is 10.6 Å². The van der Waals surface area contributed by atoms with Crippen LogP contribution < -0.4 is 10.6 Å². The lowest BCUT2D eigenvalue weighted by Gasteiger charge is -2.46. The summed E-state index contributed by atoms with van der Waals surface area (Å²) < 4.78 is 55.5. The third-order valence-corrected chi connectivity index (χ3v) is 21.1. The predicted octanol–water partition coefficient (Wildman–Crippen LogP) is 17.3. The van der Waals surface area contributed by atoms with Crippen LogP contribution in [0.2, 0.25) is 0 Å². The molecular weight excluding hydrogens is 1340 g/mol. The van der Waals surface area contributed by atoms with Gasteiger partial charge in [-0.3, -0.25) is 28.5 Å². The highest BCUT2D eigenvalue weighted by molar-refractivity contribution is 7.46. The van der Waals surface area contributed by atoms with E-state index in [-0.39, 0.29) is 25.7 Å². The van der Waals surface area contributed by atoms with Crippen LogP contribution in [0.4, 0.5) is 0 Å². The number of aliphatic hydroxyl groups excluding tert-OH is 4. The van der Waals surface area contributed by atoms with Gasteiger partial charge in [0.25, 0.3) is 0 Å². The number of phosphoric acid groups is 1. The van der Waals surface area contributed by atoms with E-state index >= 15 is 0 Å². The van der Waals surface area contributed by atoms with Gasteiger partial charge in [0.2, 0.25) is 11.8 Å². The number of hydrogen-bond acceptors (Lipinski definition) is 17. The van der Waals surface area contributed by atoms with E-state index in [0.29, 0.717) is 44.9 Å². The molecule has 0 aliphatic carbocycles. The van der Waals surface area contributed by atoms with Gasteiger partial charge in [-0.05, 0) is 51.9 Å². The first-order chi connectivity index (χ1) is 49.8. The second-order valence-corrected chi connectivity index (χ2v) is 31.5. The largest absolute Gasteiger partial charge is 0.470 e. The number of carbonyl (C=O) groups is 5. The van der Waals surface area contributed by atoms with E-state index in [1.807, 2.05) is 0 Å². The number of nitrogens with one attached hydrogen (secondary N) is 2. The zero-order valence-corrected chi connectivity index (χ0v) is 66.6. The van der Waals surface area contributed by atoms with E-state index in [1.165, 1.54) is 122 Å². The Morgan fingerprint density at radius 1 is 0.417 bits per heavy atom. The summed E-state index contributed by atoms with van der Waals surface area (Å²) in [4.78, 5) is 91.1. The zero-order valence-electron chi connectivity index (χ0n) is 65.7. The topological polar surface area (TPSA) is 312 Å². The maximum Gasteiger partial charge on any atom is 0.470 e. The van der Waals surface area contributed by atoms with Gasteiger partial charge in [0.1, 0.15) is 48.8 Å². The Morgan fingerprint density at radius 3 is 1.16 bits per heavy atom. The molecule has 2 aliphatic heterocycles. The van der Waals surface area contributed by atoms with Gasteiger partial charge in [-0.1, -0.05) is 311 Å². The quantitative estimate of drug-likeness (QED) is 0.0121. The fraction of sp³-hybridized carbons (Fsp3) is 0.938. The molecule has 606 valence electrons. The fourth-order valence-electron chi connectivity index (χ4n) is 14.3. The molecule has 0 aromatic heterocycles. The minimum absolute atomic E-state index is 0.145. The molecule has 2 saturated heterocycles. The molecule has 8 N–H and O–H groups in total. The molecule has 2 rings (SSSR count). The van der Waals surface area contributed by atoms with Crippen molar-refractivity contribution in [2.24, 2.45) is 0 Å². The summed E-state index contributed by atoms with van der Waals surface area (Å²) in [6.45, 7) is 11.0. The van der Waals surface area contributed by atoms with Crippen LogP contribution in [0.25, 0.3) is 0 Å². The van der Waals surface area contributed by atoms with Crippen molar-refractivity contribution >= 4 is 37.5 Å². The van der Waals surface area contributed by atoms with E-state index in [2.05, 4.69) is 45.3 Å². The first kappa shape index (κ1) is 96.3. The number of rotatable bonds is 69. The highest BCUT2D eigenvalue weighted by atomic mass is 31.2. The Kier molecular flexibility index (Phi) is 58.9. The van der Waals surface area contributed by atoms with Gasteiger partial charge in [0.15, 0.2) is 12.4 Å². The number of ether oxygens (including phenoxy) is 6. The van der Waals surface area contributed by atoms with Crippen LogP contribution in [0.1, 0.15) is 395 Å². The lowest BCUT2D eigenvalue weighted by atomic mass is 9.93. The summed E-state index contributed by atoms with van der Waals surface area (Å²) in [5.41, 5.74) is 0. The smallest absolute Gasteiger partial charge is 0.462 e. The molecule has 5 unspecified atom stereocenters. The number of amides is 2. The molecule has 2 aliphatic rings. The van der Waals surface area contributed by atoms with E-state index in [9.17, 15) is 58.8 Å². The van der Waals surface area contributed by atoms with Crippen molar-refractivity contribution in [2.75, 3.05) is 13.2 Å². The summed E-state index contributed by atoms with van der Waals surface area (Å²) in [5, 5.41) is 50.6. The van der Waals surface area contributed by atoms with Crippen molar-refractivity contribution in [2.45, 2.75) is 474 Å². The third kappa shape index (κ3) is 49.1. The van der Waals surface area contributed by atoms with E-state index in [4.69, 9.17) is 32.9 Å². The molecule has 0 bridgehead atoms. The Morgan fingerprint density at radius 2 is 0.767 bits per heavy atom. The molecule has 22 heteroatoms. The lowest BCUT2D eigenvalue weighted by molar-refractivity contribution is -0.285. The number of hydrogen-bond donors (Lipinski definition) is 8. The average molecular weight is 1490 g/mol. The average Bonchev–Trinajstić information content (AvgIpc) is 0.783. The van der Waals surface area contributed by atoms with Crippen molar-refractivity contribution in [3.8, 4) is 0 Å². The van der Waals surface area contributed by atoms with Gasteiger partial charge in [-0.25, -0.2) is 4.57 Å². The maximum absolute atomic E-state index is 14.8. The number of unbranched alkanes of at least 4 members (excludes halogenated alkanes) is 42. The van der Waals surface area contributed by atoms with E-state index < -0.39 is 137 Å². The van der Waals surface area contributed by atoms with Crippen LogP contribution in [0.15, 0.2) is 0 Å². The van der Waals surface area contributed by atoms with Gasteiger partial charge < -0.3 is 69.3 Å². The van der Waals surface area contributed by atoms with Gasteiger partial charge in [-0.15, -0.1) is 0 Å². The summed E-state index contributed by atoms with van der Waals surface area (Å²) >= 11 is 0.